The standard InChI is InChI=1S/C53H53F5N2/c1-49(2,3)30-16-20-34-35-21-17-31(50(4,5)6)25-43(35)59(42(34)24-30)46-28-38(48-40(54)14-13-15-41(48)55)39(53(56,57)58)29-47(46)60-44-26-32(51(7,8)9)18-22-36(44)37-23-19-33(27-45(37)60)52(10,11)12/h13-29H,1-12H3. The van der Waals surface area contributed by atoms with Crippen LogP contribution >= 0.6 is 0 Å². The summed E-state index contributed by atoms with van der Waals surface area (Å²) in [6.45, 7) is 25.4. The maximum absolute atomic E-state index is 15.9. The zero-order valence-electron chi connectivity index (χ0n) is 36.6. The maximum atomic E-state index is 15.9. The van der Waals surface area contributed by atoms with E-state index in [2.05, 4.69) is 156 Å². The average Bonchev–Trinajstić information content (AvgIpc) is 3.64. The molecule has 0 bridgehead atoms. The van der Waals surface area contributed by atoms with E-state index < -0.39 is 34.5 Å². The van der Waals surface area contributed by atoms with E-state index in [0.29, 0.717) is 5.69 Å². The van der Waals surface area contributed by atoms with Crippen molar-refractivity contribution in [3.63, 3.8) is 0 Å². The smallest absolute Gasteiger partial charge is 0.307 e. The van der Waals surface area contributed by atoms with Crippen LogP contribution in [0.1, 0.15) is 111 Å². The molecule has 0 radical (unpaired) electrons. The molecule has 0 unspecified atom stereocenters. The number of halogens is 5. The number of rotatable bonds is 3. The Morgan fingerprint density at radius 3 is 0.967 bits per heavy atom. The molecular formula is C53H53F5N2. The third-order valence-corrected chi connectivity index (χ3v) is 12.1. The molecule has 8 rings (SSSR count). The molecule has 0 fully saturated rings. The van der Waals surface area contributed by atoms with E-state index >= 15 is 22.0 Å². The van der Waals surface area contributed by atoms with Crippen LogP contribution in [0.2, 0.25) is 0 Å². The predicted octanol–water partition coefficient (Wildman–Crippen LogP) is 16.0. The molecule has 0 spiro atoms. The lowest BCUT2D eigenvalue weighted by molar-refractivity contribution is -0.137. The van der Waals surface area contributed by atoms with Crippen LogP contribution in [0.15, 0.2) is 103 Å². The molecule has 6 aromatic carbocycles. The lowest BCUT2D eigenvalue weighted by atomic mass is 9.86. The first-order valence-electron chi connectivity index (χ1n) is 20.6. The molecule has 0 amide bonds. The summed E-state index contributed by atoms with van der Waals surface area (Å²) in [5.41, 5.74) is 4.17. The van der Waals surface area contributed by atoms with Gasteiger partial charge in [-0.2, -0.15) is 13.2 Å². The minimum Gasteiger partial charge on any atom is -0.307 e. The summed E-state index contributed by atoms with van der Waals surface area (Å²) < 4.78 is 83.2. The van der Waals surface area contributed by atoms with Gasteiger partial charge in [0.1, 0.15) is 11.6 Å². The molecule has 0 saturated carbocycles. The Morgan fingerprint density at radius 1 is 0.383 bits per heavy atom. The summed E-state index contributed by atoms with van der Waals surface area (Å²) in [7, 11) is 0. The van der Waals surface area contributed by atoms with Gasteiger partial charge in [0.25, 0.3) is 0 Å². The van der Waals surface area contributed by atoms with Gasteiger partial charge in [-0.15, -0.1) is 0 Å². The van der Waals surface area contributed by atoms with Crippen LogP contribution in [-0.4, -0.2) is 9.13 Å². The number of fused-ring (bicyclic) bond motifs is 6. The van der Waals surface area contributed by atoms with Crippen LogP contribution in [0.3, 0.4) is 0 Å². The molecular weight excluding hydrogens is 760 g/mol. The van der Waals surface area contributed by atoms with Gasteiger partial charge in [0, 0.05) is 27.1 Å². The van der Waals surface area contributed by atoms with Crippen LogP contribution in [0.25, 0.3) is 66.1 Å². The molecule has 0 aliphatic rings. The van der Waals surface area contributed by atoms with Crippen molar-refractivity contribution in [3.8, 4) is 22.5 Å². The number of nitrogens with zero attached hydrogens (tertiary/aromatic N) is 2. The van der Waals surface area contributed by atoms with Gasteiger partial charge in [-0.3, -0.25) is 0 Å². The van der Waals surface area contributed by atoms with E-state index in [9.17, 15) is 0 Å². The first-order chi connectivity index (χ1) is 27.7. The fourth-order valence-electron chi connectivity index (χ4n) is 8.55. The van der Waals surface area contributed by atoms with E-state index in [1.54, 1.807) is 0 Å². The highest BCUT2D eigenvalue weighted by Gasteiger charge is 2.38. The molecule has 0 N–H and O–H groups in total. The van der Waals surface area contributed by atoms with Gasteiger partial charge in [-0.25, -0.2) is 8.78 Å². The molecule has 0 atom stereocenters. The minimum absolute atomic E-state index is 0.237. The number of hydrogen-bond donors (Lipinski definition) is 0. The predicted molar refractivity (Wildman–Crippen MR) is 240 cm³/mol. The van der Waals surface area contributed by atoms with E-state index in [4.69, 9.17) is 0 Å². The van der Waals surface area contributed by atoms with Crippen molar-refractivity contribution >= 4 is 43.6 Å². The van der Waals surface area contributed by atoms with Crippen molar-refractivity contribution in [1.29, 1.82) is 0 Å². The lowest BCUT2D eigenvalue weighted by Crippen LogP contribution is -2.14. The van der Waals surface area contributed by atoms with Crippen molar-refractivity contribution in [1.82, 2.24) is 9.13 Å². The molecule has 0 saturated heterocycles. The number of aromatic nitrogens is 2. The summed E-state index contributed by atoms with van der Waals surface area (Å²) in [6.07, 6.45) is -4.98. The summed E-state index contributed by atoms with van der Waals surface area (Å²) in [6, 6.07) is 30.7. The van der Waals surface area contributed by atoms with Crippen molar-refractivity contribution < 1.29 is 22.0 Å². The fourth-order valence-corrected chi connectivity index (χ4v) is 8.55. The van der Waals surface area contributed by atoms with E-state index in [1.807, 2.05) is 9.13 Å². The number of hydrogen-bond acceptors (Lipinski definition) is 0. The van der Waals surface area contributed by atoms with Gasteiger partial charge >= 0.3 is 6.18 Å². The van der Waals surface area contributed by atoms with Crippen LogP contribution in [0.5, 0.6) is 0 Å². The monoisotopic (exact) mass is 812 g/mol. The van der Waals surface area contributed by atoms with Gasteiger partial charge in [0.2, 0.25) is 0 Å². The number of alkyl halides is 3. The normalized spacial score (nSPS) is 13.4. The average molecular weight is 813 g/mol. The minimum atomic E-state index is -4.98. The Kier molecular flexibility index (Phi) is 9.32. The molecule has 60 heavy (non-hydrogen) atoms. The topological polar surface area (TPSA) is 9.86 Å². The summed E-state index contributed by atoms with van der Waals surface area (Å²) in [5, 5.41) is 3.59. The first-order valence-corrected chi connectivity index (χ1v) is 20.6. The molecule has 0 aliphatic heterocycles. The van der Waals surface area contributed by atoms with Crippen LogP contribution in [-0.2, 0) is 27.8 Å². The Bertz CT molecular complexity index is 2860. The van der Waals surface area contributed by atoms with Gasteiger partial charge in [0.15, 0.2) is 0 Å². The second kappa shape index (κ2) is 13.5. The Labute approximate surface area is 349 Å². The Morgan fingerprint density at radius 2 is 0.683 bits per heavy atom. The van der Waals surface area contributed by atoms with Crippen molar-refractivity contribution in [2.24, 2.45) is 0 Å². The number of benzene rings is 6. The molecule has 8 aromatic rings. The second-order valence-electron chi connectivity index (χ2n) is 20.6. The molecule has 2 aromatic heterocycles. The highest BCUT2D eigenvalue weighted by Crippen LogP contribution is 2.47. The SMILES string of the molecule is CC(C)(C)c1ccc2c3ccc(C(C)(C)C)cc3n(-c3cc(-c4c(F)cccc4F)c(C(F)(F)F)cc3-n3c4cc(C(C)(C)C)ccc4c4ccc(C(C)(C)C)cc43)c2c1. The van der Waals surface area contributed by atoms with Crippen LogP contribution in [0, 0.1) is 11.6 Å². The summed E-state index contributed by atoms with van der Waals surface area (Å²) in [4.78, 5) is 0. The van der Waals surface area contributed by atoms with Gasteiger partial charge < -0.3 is 9.13 Å². The third kappa shape index (κ3) is 6.88. The Balaban J connectivity index is 1.68. The van der Waals surface area contributed by atoms with E-state index in [1.165, 1.54) is 12.1 Å². The zero-order valence-corrected chi connectivity index (χ0v) is 36.6. The molecule has 2 nitrogen and oxygen atoms in total. The van der Waals surface area contributed by atoms with Gasteiger partial charge in [-0.05, 0) is 92.4 Å². The van der Waals surface area contributed by atoms with E-state index in [-0.39, 0.29) is 27.3 Å². The highest BCUT2D eigenvalue weighted by molar-refractivity contribution is 6.12. The maximum Gasteiger partial charge on any atom is 0.417 e. The Hall–Kier alpha value is -5.43. The van der Waals surface area contributed by atoms with Gasteiger partial charge in [-0.1, -0.05) is 138 Å². The quantitative estimate of drug-likeness (QED) is 0.157. The third-order valence-electron chi connectivity index (χ3n) is 12.1. The van der Waals surface area contributed by atoms with Crippen molar-refractivity contribution in [3.05, 3.63) is 143 Å². The summed E-state index contributed by atoms with van der Waals surface area (Å²) >= 11 is 0. The lowest BCUT2D eigenvalue weighted by Gasteiger charge is -2.25. The zero-order chi connectivity index (χ0) is 43.6. The van der Waals surface area contributed by atoms with Gasteiger partial charge in [0.05, 0.1) is 44.6 Å². The van der Waals surface area contributed by atoms with Crippen molar-refractivity contribution in [2.75, 3.05) is 0 Å². The molecule has 310 valence electrons. The fraction of sp³-hybridized carbons (Fsp3) is 0.321. The summed E-state index contributed by atoms with van der Waals surface area (Å²) in [5.74, 6) is -2.15. The molecule has 7 heteroatoms. The van der Waals surface area contributed by atoms with Crippen LogP contribution in [0.4, 0.5) is 22.0 Å². The molecule has 0 aliphatic carbocycles. The van der Waals surface area contributed by atoms with E-state index in [0.717, 1.165) is 84.1 Å². The first kappa shape index (κ1) is 41.3. The second-order valence-corrected chi connectivity index (χ2v) is 20.6. The largest absolute Gasteiger partial charge is 0.417 e. The van der Waals surface area contributed by atoms with Crippen LogP contribution < -0.4 is 0 Å². The highest BCUT2D eigenvalue weighted by atomic mass is 19.4. The molecule has 2 heterocycles. The van der Waals surface area contributed by atoms with Crippen molar-refractivity contribution in [2.45, 2.75) is 111 Å².